The van der Waals surface area contributed by atoms with Gasteiger partial charge >= 0.3 is 0 Å². The van der Waals surface area contributed by atoms with Crippen LogP contribution in [0.5, 0.6) is 0 Å². The van der Waals surface area contributed by atoms with Gasteiger partial charge in [-0.2, -0.15) is 0 Å². The molecule has 0 aromatic carbocycles. The summed E-state index contributed by atoms with van der Waals surface area (Å²) in [7, 11) is 0. The lowest BCUT2D eigenvalue weighted by molar-refractivity contribution is -0.127. The Morgan fingerprint density at radius 1 is 1.12 bits per heavy atom. The molecule has 2 heteroatoms. The third kappa shape index (κ3) is 2.20. The van der Waals surface area contributed by atoms with Crippen molar-refractivity contribution in [3.63, 3.8) is 0 Å². The quantitative estimate of drug-likeness (QED) is 0.759. The zero-order chi connectivity index (χ0) is 12.8. The molecule has 3 unspecified atom stereocenters. The molecule has 0 amide bonds. The topological polar surface area (TPSA) is 37.3 Å². The molecule has 0 fully saturated rings. The van der Waals surface area contributed by atoms with E-state index in [1.54, 1.807) is 13.8 Å². The van der Waals surface area contributed by atoms with E-state index in [2.05, 4.69) is 13.8 Å². The van der Waals surface area contributed by atoms with Gasteiger partial charge in [0.2, 0.25) is 0 Å². The van der Waals surface area contributed by atoms with E-state index in [0.717, 1.165) is 31.3 Å². The Morgan fingerprint density at radius 3 is 2.35 bits per heavy atom. The summed E-state index contributed by atoms with van der Waals surface area (Å²) in [5, 5.41) is 10.2. The van der Waals surface area contributed by atoms with Gasteiger partial charge in [-0.1, -0.05) is 19.4 Å². The van der Waals surface area contributed by atoms with Crippen LogP contribution in [0, 0.1) is 17.8 Å². The Balaban J connectivity index is 2.39. The number of rotatable bonds is 1. The molecule has 2 aliphatic rings. The van der Waals surface area contributed by atoms with Crippen LogP contribution < -0.4 is 0 Å². The number of carbonyl (C=O) groups excluding carboxylic acids is 1. The van der Waals surface area contributed by atoms with Crippen LogP contribution >= 0.6 is 0 Å². The fourth-order valence-corrected chi connectivity index (χ4v) is 3.46. The molecule has 0 spiro atoms. The van der Waals surface area contributed by atoms with Crippen molar-refractivity contribution in [3.8, 4) is 0 Å². The highest BCUT2D eigenvalue weighted by atomic mass is 16.3. The van der Waals surface area contributed by atoms with Crippen LogP contribution in [0.25, 0.3) is 0 Å². The highest BCUT2D eigenvalue weighted by Crippen LogP contribution is 2.44. The van der Waals surface area contributed by atoms with Crippen molar-refractivity contribution in [2.45, 2.75) is 59.0 Å². The van der Waals surface area contributed by atoms with Crippen LogP contribution in [-0.4, -0.2) is 16.5 Å². The molecular formula is C15H24O2. The van der Waals surface area contributed by atoms with E-state index >= 15 is 0 Å². The lowest BCUT2D eigenvalue weighted by atomic mass is 9.80. The molecule has 2 aliphatic carbocycles. The lowest BCUT2D eigenvalue weighted by Gasteiger charge is -2.28. The third-order valence-corrected chi connectivity index (χ3v) is 4.60. The SMILES string of the molecule is CC1CCC(C(C)(C)O)C(=O)C2=C1CCC2C. The molecule has 0 radical (unpaired) electrons. The van der Waals surface area contributed by atoms with E-state index in [1.165, 1.54) is 5.57 Å². The van der Waals surface area contributed by atoms with Crippen molar-refractivity contribution >= 4 is 5.78 Å². The molecule has 0 saturated carbocycles. The maximum Gasteiger partial charge on any atom is 0.165 e. The summed E-state index contributed by atoms with van der Waals surface area (Å²) in [6.45, 7) is 7.92. The first-order valence-electron chi connectivity index (χ1n) is 6.82. The van der Waals surface area contributed by atoms with E-state index in [4.69, 9.17) is 0 Å². The average molecular weight is 236 g/mol. The molecule has 17 heavy (non-hydrogen) atoms. The largest absolute Gasteiger partial charge is 0.390 e. The number of Topliss-reactive ketones (excluding diaryl/α,β-unsaturated/α-hetero) is 1. The van der Waals surface area contributed by atoms with Crippen LogP contribution in [0.3, 0.4) is 0 Å². The normalized spacial score (nSPS) is 34.9. The first-order valence-corrected chi connectivity index (χ1v) is 6.82. The van der Waals surface area contributed by atoms with Crippen LogP contribution in [0.1, 0.15) is 53.4 Å². The fourth-order valence-electron chi connectivity index (χ4n) is 3.46. The molecule has 0 heterocycles. The predicted molar refractivity (Wildman–Crippen MR) is 68.6 cm³/mol. The number of ketones is 1. The Labute approximate surface area is 104 Å². The average Bonchev–Trinajstić information content (AvgIpc) is 2.51. The molecule has 1 N–H and O–H groups in total. The van der Waals surface area contributed by atoms with E-state index in [1.807, 2.05) is 0 Å². The Hall–Kier alpha value is -0.630. The van der Waals surface area contributed by atoms with Crippen molar-refractivity contribution in [1.29, 1.82) is 0 Å². The van der Waals surface area contributed by atoms with Crippen LogP contribution in [0.15, 0.2) is 11.1 Å². The summed E-state index contributed by atoms with van der Waals surface area (Å²) in [6.07, 6.45) is 4.05. The second-order valence-electron chi connectivity index (χ2n) is 6.43. The fraction of sp³-hybridized carbons (Fsp3) is 0.800. The molecular weight excluding hydrogens is 212 g/mol. The molecule has 2 nitrogen and oxygen atoms in total. The summed E-state index contributed by atoms with van der Waals surface area (Å²) in [5.74, 6) is 0.925. The standard InChI is InChI=1S/C15H24O2/c1-9-6-8-12(15(3,4)17)14(16)13-10(2)5-7-11(9)13/h9-10,12,17H,5-8H2,1-4H3. The molecule has 0 aliphatic heterocycles. The minimum absolute atomic E-state index is 0.210. The van der Waals surface area contributed by atoms with Gasteiger partial charge in [-0.15, -0.1) is 0 Å². The molecule has 0 aromatic heterocycles. The molecule has 96 valence electrons. The highest BCUT2D eigenvalue weighted by Gasteiger charge is 2.41. The second-order valence-corrected chi connectivity index (χ2v) is 6.43. The van der Waals surface area contributed by atoms with Gasteiger partial charge in [0.25, 0.3) is 0 Å². The lowest BCUT2D eigenvalue weighted by Crippen LogP contribution is -2.37. The Bertz CT molecular complexity index is 360. The van der Waals surface area contributed by atoms with Gasteiger partial charge in [0, 0.05) is 0 Å². The number of carbonyl (C=O) groups is 1. The summed E-state index contributed by atoms with van der Waals surface area (Å²) in [6, 6.07) is 0. The van der Waals surface area contributed by atoms with Crippen molar-refractivity contribution in [2.75, 3.05) is 0 Å². The molecule has 2 rings (SSSR count). The van der Waals surface area contributed by atoms with Gasteiger partial charge in [-0.05, 0) is 56.9 Å². The van der Waals surface area contributed by atoms with Crippen molar-refractivity contribution < 1.29 is 9.90 Å². The summed E-state index contributed by atoms with van der Waals surface area (Å²) < 4.78 is 0. The first-order chi connectivity index (χ1) is 7.82. The van der Waals surface area contributed by atoms with Gasteiger partial charge in [0.1, 0.15) is 0 Å². The van der Waals surface area contributed by atoms with Gasteiger partial charge in [-0.3, -0.25) is 4.79 Å². The summed E-state index contributed by atoms with van der Waals surface area (Å²) in [4.78, 5) is 12.6. The molecule has 0 bridgehead atoms. The number of hydrogen-bond acceptors (Lipinski definition) is 2. The second kappa shape index (κ2) is 4.24. The van der Waals surface area contributed by atoms with Gasteiger partial charge in [-0.25, -0.2) is 0 Å². The van der Waals surface area contributed by atoms with E-state index in [-0.39, 0.29) is 11.7 Å². The van der Waals surface area contributed by atoms with E-state index in [0.29, 0.717) is 11.8 Å². The molecule has 3 atom stereocenters. The third-order valence-electron chi connectivity index (χ3n) is 4.60. The highest BCUT2D eigenvalue weighted by molar-refractivity contribution is 5.99. The van der Waals surface area contributed by atoms with E-state index in [9.17, 15) is 9.90 Å². The molecule has 0 aromatic rings. The van der Waals surface area contributed by atoms with E-state index < -0.39 is 5.60 Å². The monoisotopic (exact) mass is 236 g/mol. The van der Waals surface area contributed by atoms with Gasteiger partial charge in [0.05, 0.1) is 11.5 Å². The minimum atomic E-state index is -0.887. The van der Waals surface area contributed by atoms with Crippen LogP contribution in [-0.2, 0) is 4.79 Å². The zero-order valence-electron chi connectivity index (χ0n) is 11.4. The number of aliphatic hydroxyl groups is 1. The van der Waals surface area contributed by atoms with Crippen molar-refractivity contribution in [1.82, 2.24) is 0 Å². The Kier molecular flexibility index (Phi) is 3.19. The number of hydrogen-bond donors (Lipinski definition) is 1. The van der Waals surface area contributed by atoms with Crippen LogP contribution in [0.2, 0.25) is 0 Å². The summed E-state index contributed by atoms with van der Waals surface area (Å²) in [5.41, 5.74) is 1.55. The minimum Gasteiger partial charge on any atom is -0.390 e. The zero-order valence-corrected chi connectivity index (χ0v) is 11.4. The summed E-state index contributed by atoms with van der Waals surface area (Å²) >= 11 is 0. The maximum absolute atomic E-state index is 12.6. The first kappa shape index (κ1) is 12.8. The van der Waals surface area contributed by atoms with Gasteiger partial charge < -0.3 is 5.11 Å². The Morgan fingerprint density at radius 2 is 1.76 bits per heavy atom. The van der Waals surface area contributed by atoms with Crippen molar-refractivity contribution in [2.24, 2.45) is 17.8 Å². The maximum atomic E-state index is 12.6. The predicted octanol–water partition coefficient (Wildman–Crippen LogP) is 3.10. The van der Waals surface area contributed by atoms with Gasteiger partial charge in [0.15, 0.2) is 5.78 Å². The number of allylic oxidation sites excluding steroid dienone is 2. The van der Waals surface area contributed by atoms with Crippen LogP contribution in [0.4, 0.5) is 0 Å². The molecule has 0 saturated heterocycles. The smallest absolute Gasteiger partial charge is 0.165 e. The van der Waals surface area contributed by atoms with Crippen molar-refractivity contribution in [3.05, 3.63) is 11.1 Å².